The van der Waals surface area contributed by atoms with Crippen LogP contribution >= 0.6 is 11.6 Å². The molecule has 6 nitrogen and oxygen atoms in total. The van der Waals surface area contributed by atoms with E-state index in [1.54, 1.807) is 24.3 Å². The predicted molar refractivity (Wildman–Crippen MR) is 101 cm³/mol. The van der Waals surface area contributed by atoms with E-state index in [4.69, 9.17) is 11.6 Å². The van der Waals surface area contributed by atoms with Crippen LogP contribution in [0.15, 0.2) is 36.4 Å². The van der Waals surface area contributed by atoms with Gasteiger partial charge in [-0.3, -0.25) is 14.9 Å². The molecular weight excluding hydrogens is 342 g/mol. The molecule has 0 saturated heterocycles. The molecule has 0 spiro atoms. The number of hydrogen-bond acceptors (Lipinski definition) is 4. The first-order valence-electron chi connectivity index (χ1n) is 7.98. The molecule has 0 aromatic heterocycles. The highest BCUT2D eigenvalue weighted by Gasteiger charge is 2.22. The summed E-state index contributed by atoms with van der Waals surface area (Å²) >= 11 is 6.16. The molecule has 0 saturated carbocycles. The van der Waals surface area contributed by atoms with Crippen LogP contribution in [-0.4, -0.2) is 23.9 Å². The molecule has 2 aromatic rings. The van der Waals surface area contributed by atoms with E-state index in [0.717, 1.165) is 5.56 Å². The van der Waals surface area contributed by atoms with E-state index < -0.39 is 4.92 Å². The van der Waals surface area contributed by atoms with Gasteiger partial charge in [-0.2, -0.15) is 0 Å². The van der Waals surface area contributed by atoms with Crippen molar-refractivity contribution in [1.29, 1.82) is 0 Å². The highest BCUT2D eigenvalue weighted by molar-refractivity contribution is 6.34. The molecule has 0 aliphatic heterocycles. The van der Waals surface area contributed by atoms with Crippen LogP contribution in [0.3, 0.4) is 0 Å². The Morgan fingerprint density at radius 3 is 2.48 bits per heavy atom. The Labute approximate surface area is 151 Å². The number of carbonyl (C=O) groups excluding carboxylic acids is 1. The second kappa shape index (κ2) is 7.98. The summed E-state index contributed by atoms with van der Waals surface area (Å²) in [7, 11) is 0. The first-order chi connectivity index (χ1) is 11.9. The maximum absolute atomic E-state index is 12.4. The topological polar surface area (TPSA) is 75.5 Å². The number of nitro benzene ring substituents is 1. The van der Waals surface area contributed by atoms with Crippen molar-refractivity contribution in [3.63, 3.8) is 0 Å². The fourth-order valence-corrected chi connectivity index (χ4v) is 2.80. The third-order valence-corrected chi connectivity index (χ3v) is 4.21. The number of nitrogens with one attached hydrogen (secondary N) is 1. The van der Waals surface area contributed by atoms with Gasteiger partial charge in [-0.05, 0) is 39.0 Å². The number of rotatable bonds is 6. The summed E-state index contributed by atoms with van der Waals surface area (Å²) in [5.74, 6) is -0.315. The van der Waals surface area contributed by atoms with Crippen molar-refractivity contribution in [3.8, 4) is 0 Å². The van der Waals surface area contributed by atoms with Gasteiger partial charge in [-0.15, -0.1) is 0 Å². The lowest BCUT2D eigenvalue weighted by atomic mass is 10.1. The van der Waals surface area contributed by atoms with Gasteiger partial charge < -0.3 is 10.2 Å². The van der Waals surface area contributed by atoms with Crippen LogP contribution in [0.2, 0.25) is 5.02 Å². The van der Waals surface area contributed by atoms with E-state index in [-0.39, 0.29) is 16.6 Å². The van der Waals surface area contributed by atoms with E-state index in [0.29, 0.717) is 30.0 Å². The summed E-state index contributed by atoms with van der Waals surface area (Å²) in [4.78, 5) is 25.2. The van der Waals surface area contributed by atoms with Gasteiger partial charge >= 0.3 is 0 Å². The molecule has 0 radical (unpaired) electrons. The Hall–Kier alpha value is -2.60. The van der Waals surface area contributed by atoms with Crippen LogP contribution in [0, 0.1) is 17.0 Å². The number of amides is 1. The molecular formula is C18H20ClN3O3. The molecule has 0 aliphatic rings. The third-order valence-electron chi connectivity index (χ3n) is 3.89. The molecule has 1 amide bonds. The minimum atomic E-state index is -0.467. The van der Waals surface area contributed by atoms with Crippen molar-refractivity contribution in [3.05, 3.63) is 62.7 Å². The highest BCUT2D eigenvalue weighted by atomic mass is 35.5. The van der Waals surface area contributed by atoms with Crippen molar-refractivity contribution in [2.75, 3.05) is 23.3 Å². The number of halogens is 1. The summed E-state index contributed by atoms with van der Waals surface area (Å²) in [5.41, 5.74) is 2.16. The fraction of sp³-hybridized carbons (Fsp3) is 0.278. The molecule has 0 fully saturated rings. The van der Waals surface area contributed by atoms with E-state index >= 15 is 0 Å². The summed E-state index contributed by atoms with van der Waals surface area (Å²) in [6.45, 7) is 6.92. The summed E-state index contributed by atoms with van der Waals surface area (Å²) in [6.07, 6.45) is 0. The third kappa shape index (κ3) is 4.28. The molecule has 25 heavy (non-hydrogen) atoms. The fourth-order valence-electron chi connectivity index (χ4n) is 2.59. The maximum Gasteiger partial charge on any atom is 0.294 e. The Kier molecular flexibility index (Phi) is 5.98. The average molecular weight is 362 g/mol. The van der Waals surface area contributed by atoms with E-state index in [9.17, 15) is 14.9 Å². The zero-order chi connectivity index (χ0) is 18.6. The van der Waals surface area contributed by atoms with Crippen molar-refractivity contribution in [1.82, 2.24) is 0 Å². The largest absolute Gasteiger partial charge is 0.366 e. The predicted octanol–water partition coefficient (Wildman–Crippen LogP) is 4.66. The number of carbonyl (C=O) groups is 1. The van der Waals surface area contributed by atoms with Crippen molar-refractivity contribution in [2.24, 2.45) is 0 Å². The number of anilines is 2. The Morgan fingerprint density at radius 2 is 1.92 bits per heavy atom. The van der Waals surface area contributed by atoms with Gasteiger partial charge in [0, 0.05) is 24.7 Å². The first-order valence-corrected chi connectivity index (χ1v) is 8.36. The van der Waals surface area contributed by atoms with Crippen LogP contribution in [0.1, 0.15) is 29.8 Å². The van der Waals surface area contributed by atoms with Crippen LogP contribution in [0.25, 0.3) is 0 Å². The molecule has 2 aromatic carbocycles. The van der Waals surface area contributed by atoms with Gasteiger partial charge in [0.2, 0.25) is 0 Å². The molecule has 7 heteroatoms. The molecule has 0 bridgehead atoms. The van der Waals surface area contributed by atoms with Crippen LogP contribution in [0.4, 0.5) is 17.1 Å². The SMILES string of the molecule is CCN(CC)c1cc(NC(=O)c2cccc(C)c2)c(Cl)cc1[N+](=O)[O-]. The lowest BCUT2D eigenvalue weighted by Gasteiger charge is -2.22. The smallest absolute Gasteiger partial charge is 0.294 e. The number of hydrogen-bond donors (Lipinski definition) is 1. The zero-order valence-electron chi connectivity index (χ0n) is 14.4. The molecule has 2 rings (SSSR count). The molecule has 132 valence electrons. The van der Waals surface area contributed by atoms with Gasteiger partial charge in [-0.1, -0.05) is 29.3 Å². The second-order valence-electron chi connectivity index (χ2n) is 5.57. The lowest BCUT2D eigenvalue weighted by molar-refractivity contribution is -0.384. The zero-order valence-corrected chi connectivity index (χ0v) is 15.1. The summed E-state index contributed by atoms with van der Waals surface area (Å²) in [6, 6.07) is 9.99. The number of benzene rings is 2. The number of aryl methyl sites for hydroxylation is 1. The number of nitro groups is 1. The van der Waals surface area contributed by atoms with Crippen LogP contribution in [-0.2, 0) is 0 Å². The average Bonchev–Trinajstić information content (AvgIpc) is 2.58. The molecule has 0 heterocycles. The molecule has 0 aliphatic carbocycles. The van der Waals surface area contributed by atoms with Gasteiger partial charge in [-0.25, -0.2) is 0 Å². The van der Waals surface area contributed by atoms with E-state index in [1.165, 1.54) is 6.07 Å². The maximum atomic E-state index is 12.4. The van der Waals surface area contributed by atoms with Gasteiger partial charge in [0.15, 0.2) is 0 Å². The number of nitrogens with zero attached hydrogens (tertiary/aromatic N) is 2. The Morgan fingerprint density at radius 1 is 1.24 bits per heavy atom. The molecule has 1 N–H and O–H groups in total. The quantitative estimate of drug-likeness (QED) is 0.600. The standard InChI is InChI=1S/C18H20ClN3O3/c1-4-21(5-2)16-11-15(14(19)10-17(16)22(24)25)20-18(23)13-8-6-7-12(3)9-13/h6-11H,4-5H2,1-3H3,(H,20,23). The van der Waals surface area contributed by atoms with Gasteiger partial charge in [0.1, 0.15) is 5.69 Å². The van der Waals surface area contributed by atoms with Gasteiger partial charge in [0.05, 0.1) is 15.6 Å². The second-order valence-corrected chi connectivity index (χ2v) is 5.98. The van der Waals surface area contributed by atoms with E-state index in [2.05, 4.69) is 5.32 Å². The lowest BCUT2D eigenvalue weighted by Crippen LogP contribution is -2.23. The van der Waals surface area contributed by atoms with Crippen molar-refractivity contribution >= 4 is 34.6 Å². The van der Waals surface area contributed by atoms with Crippen molar-refractivity contribution in [2.45, 2.75) is 20.8 Å². The minimum absolute atomic E-state index is 0.0812. The Balaban J connectivity index is 2.42. The first kappa shape index (κ1) is 18.7. The normalized spacial score (nSPS) is 10.4. The minimum Gasteiger partial charge on any atom is -0.366 e. The molecule has 0 atom stereocenters. The highest BCUT2D eigenvalue weighted by Crippen LogP contribution is 2.36. The molecule has 0 unspecified atom stereocenters. The Bertz CT molecular complexity index is 804. The van der Waals surface area contributed by atoms with Gasteiger partial charge in [0.25, 0.3) is 11.6 Å². The van der Waals surface area contributed by atoms with E-state index in [1.807, 2.05) is 31.7 Å². The summed E-state index contributed by atoms with van der Waals surface area (Å²) < 4.78 is 0. The summed E-state index contributed by atoms with van der Waals surface area (Å²) in [5, 5.41) is 14.2. The van der Waals surface area contributed by atoms with Crippen LogP contribution in [0.5, 0.6) is 0 Å². The van der Waals surface area contributed by atoms with Crippen LogP contribution < -0.4 is 10.2 Å². The van der Waals surface area contributed by atoms with Crippen molar-refractivity contribution < 1.29 is 9.72 Å². The monoisotopic (exact) mass is 361 g/mol.